The first-order valence-corrected chi connectivity index (χ1v) is 11.7. The Labute approximate surface area is 224 Å². The summed E-state index contributed by atoms with van der Waals surface area (Å²) in [6.45, 7) is -0.0528. The van der Waals surface area contributed by atoms with Crippen molar-refractivity contribution in [1.82, 2.24) is 10.2 Å². The van der Waals surface area contributed by atoms with Gasteiger partial charge in [-0.2, -0.15) is 0 Å². The highest BCUT2D eigenvalue weighted by Crippen LogP contribution is 2.38. The molecule has 1 N–H and O–H groups in total. The summed E-state index contributed by atoms with van der Waals surface area (Å²) in [7, 11) is 2.66. The molecule has 3 aromatic rings. The summed E-state index contributed by atoms with van der Waals surface area (Å²) in [6, 6.07) is 11.5. The van der Waals surface area contributed by atoms with Crippen LogP contribution in [0, 0.1) is 10.1 Å². The van der Waals surface area contributed by atoms with Gasteiger partial charge in [-0.1, -0.05) is 0 Å². The normalized spacial score (nSPS) is 14.0. The molecule has 0 saturated carbocycles. The van der Waals surface area contributed by atoms with E-state index in [0.717, 1.165) is 4.90 Å². The van der Waals surface area contributed by atoms with Crippen LogP contribution in [0.3, 0.4) is 0 Å². The number of imide groups is 1. The molecule has 1 aromatic heterocycles. The van der Waals surface area contributed by atoms with E-state index >= 15 is 0 Å². The van der Waals surface area contributed by atoms with E-state index in [-0.39, 0.29) is 36.1 Å². The average Bonchev–Trinajstić information content (AvgIpc) is 3.48. The van der Waals surface area contributed by atoms with Gasteiger partial charge in [0.05, 0.1) is 30.2 Å². The zero-order valence-electron chi connectivity index (χ0n) is 20.1. The van der Waals surface area contributed by atoms with Crippen molar-refractivity contribution in [3.63, 3.8) is 0 Å². The van der Waals surface area contributed by atoms with Gasteiger partial charge >= 0.3 is 12.0 Å². The molecule has 1 fully saturated rings. The van der Waals surface area contributed by atoms with Gasteiger partial charge in [0.25, 0.3) is 11.6 Å². The number of esters is 1. The van der Waals surface area contributed by atoms with E-state index in [4.69, 9.17) is 13.9 Å². The maximum atomic E-state index is 12.9. The van der Waals surface area contributed by atoms with Crippen molar-refractivity contribution in [2.45, 2.75) is 13.2 Å². The molecule has 0 aliphatic carbocycles. The molecule has 1 aliphatic rings. The molecule has 2 aromatic carbocycles. The number of carbonyl (C=O) groups is 3. The smallest absolute Gasteiger partial charge is 0.373 e. The predicted molar refractivity (Wildman–Crippen MR) is 135 cm³/mol. The van der Waals surface area contributed by atoms with Crippen molar-refractivity contribution in [3.8, 4) is 11.5 Å². The van der Waals surface area contributed by atoms with Gasteiger partial charge in [-0.25, -0.2) is 9.59 Å². The van der Waals surface area contributed by atoms with Gasteiger partial charge in [-0.3, -0.25) is 19.8 Å². The fourth-order valence-corrected chi connectivity index (χ4v) is 4.12. The van der Waals surface area contributed by atoms with E-state index in [0.29, 0.717) is 27.1 Å². The van der Waals surface area contributed by atoms with Crippen LogP contribution in [-0.2, 0) is 22.7 Å². The monoisotopic (exact) mass is 585 g/mol. The third kappa shape index (κ3) is 5.67. The number of amides is 3. The van der Waals surface area contributed by atoms with Crippen molar-refractivity contribution >= 4 is 45.6 Å². The number of rotatable bonds is 9. The number of hydrogen-bond donors (Lipinski definition) is 1. The maximum Gasteiger partial charge on any atom is 0.373 e. The number of nitro groups is 1. The molecule has 38 heavy (non-hydrogen) atoms. The molecule has 1 aliphatic heterocycles. The average molecular weight is 586 g/mol. The minimum Gasteiger partial charge on any atom is -0.493 e. The van der Waals surface area contributed by atoms with E-state index < -0.39 is 22.8 Å². The first kappa shape index (κ1) is 26.4. The lowest BCUT2D eigenvalue weighted by Gasteiger charge is -2.14. The maximum absolute atomic E-state index is 12.9. The quantitative estimate of drug-likeness (QED) is 0.126. The van der Waals surface area contributed by atoms with Crippen LogP contribution in [0.15, 0.2) is 63.1 Å². The third-order valence-electron chi connectivity index (χ3n) is 5.42. The van der Waals surface area contributed by atoms with Gasteiger partial charge in [0.2, 0.25) is 5.76 Å². The number of carbonyl (C=O) groups excluding carboxylic acids is 3. The third-order valence-corrected chi connectivity index (χ3v) is 6.01. The topological polar surface area (TPSA) is 150 Å². The number of nitrogens with one attached hydrogen (secondary N) is 1. The number of urea groups is 1. The Morgan fingerprint density at radius 1 is 1.16 bits per heavy atom. The largest absolute Gasteiger partial charge is 0.493 e. The molecule has 2 heterocycles. The second-order valence-corrected chi connectivity index (χ2v) is 8.74. The highest BCUT2D eigenvalue weighted by Gasteiger charge is 2.34. The van der Waals surface area contributed by atoms with Crippen LogP contribution in [-0.4, -0.2) is 42.0 Å². The van der Waals surface area contributed by atoms with Gasteiger partial charge in [0, 0.05) is 12.1 Å². The number of methoxy groups -OCH3 is 2. The first-order chi connectivity index (χ1) is 18.2. The van der Waals surface area contributed by atoms with E-state index in [2.05, 4.69) is 26.0 Å². The molecule has 3 amide bonds. The molecular weight excluding hydrogens is 566 g/mol. The predicted octanol–water partition coefficient (Wildman–Crippen LogP) is 4.42. The Morgan fingerprint density at radius 3 is 2.55 bits per heavy atom. The zero-order valence-corrected chi connectivity index (χ0v) is 21.6. The Hall–Kier alpha value is -4.65. The van der Waals surface area contributed by atoms with Crippen molar-refractivity contribution in [2.75, 3.05) is 14.2 Å². The zero-order chi connectivity index (χ0) is 27.4. The highest BCUT2D eigenvalue weighted by molar-refractivity contribution is 9.10. The van der Waals surface area contributed by atoms with Crippen LogP contribution >= 0.6 is 15.9 Å². The number of non-ortho nitro benzene ring substituents is 1. The lowest BCUT2D eigenvalue weighted by molar-refractivity contribution is -0.384. The van der Waals surface area contributed by atoms with E-state index in [9.17, 15) is 24.5 Å². The molecule has 1 saturated heterocycles. The van der Waals surface area contributed by atoms with Crippen LogP contribution in [0.4, 0.5) is 10.5 Å². The number of hydrogen-bond acceptors (Lipinski definition) is 9. The lowest BCUT2D eigenvalue weighted by Crippen LogP contribution is -2.30. The van der Waals surface area contributed by atoms with Crippen LogP contribution in [0.25, 0.3) is 6.08 Å². The van der Waals surface area contributed by atoms with Crippen molar-refractivity contribution < 1.29 is 37.9 Å². The van der Waals surface area contributed by atoms with Crippen LogP contribution in [0.1, 0.15) is 27.4 Å². The molecule has 0 unspecified atom stereocenters. The molecule has 0 bridgehead atoms. The summed E-state index contributed by atoms with van der Waals surface area (Å²) < 4.78 is 21.8. The summed E-state index contributed by atoms with van der Waals surface area (Å²) >= 11 is 3.44. The highest BCUT2D eigenvalue weighted by atomic mass is 79.9. The number of nitrogens with zero attached hydrogens (tertiary/aromatic N) is 2. The first-order valence-electron chi connectivity index (χ1n) is 11.0. The molecular formula is C25H20BrN3O9. The summed E-state index contributed by atoms with van der Waals surface area (Å²) in [6.07, 6.45) is 1.48. The molecule has 0 atom stereocenters. The fraction of sp³-hybridized carbons (Fsp3) is 0.160. The summed E-state index contributed by atoms with van der Waals surface area (Å²) in [5, 5.41) is 13.4. The van der Waals surface area contributed by atoms with Gasteiger partial charge < -0.3 is 23.9 Å². The second kappa shape index (κ2) is 11.2. The van der Waals surface area contributed by atoms with E-state index in [1.165, 1.54) is 44.6 Å². The molecule has 4 rings (SSSR count). The van der Waals surface area contributed by atoms with E-state index in [1.807, 2.05) is 0 Å². The second-order valence-electron chi connectivity index (χ2n) is 7.88. The minimum atomic E-state index is -0.672. The van der Waals surface area contributed by atoms with Crippen LogP contribution < -0.4 is 14.8 Å². The van der Waals surface area contributed by atoms with E-state index in [1.54, 1.807) is 24.3 Å². The fourth-order valence-electron chi connectivity index (χ4n) is 3.54. The van der Waals surface area contributed by atoms with Gasteiger partial charge in [-0.05, 0) is 69.5 Å². The molecule has 0 radical (unpaired) electrons. The minimum absolute atomic E-state index is 0.0212. The molecule has 0 spiro atoms. The summed E-state index contributed by atoms with van der Waals surface area (Å²) in [5.74, 6) is -0.330. The van der Waals surface area contributed by atoms with Crippen molar-refractivity contribution in [3.05, 3.63) is 91.5 Å². The Morgan fingerprint density at radius 2 is 1.89 bits per heavy atom. The number of nitro benzene ring substituents is 1. The van der Waals surface area contributed by atoms with Crippen LogP contribution in [0.2, 0.25) is 0 Å². The Bertz CT molecular complexity index is 1450. The molecule has 196 valence electrons. The Balaban J connectivity index is 1.49. The Kier molecular flexibility index (Phi) is 7.76. The summed E-state index contributed by atoms with van der Waals surface area (Å²) in [5.41, 5.74) is 1.26. The number of ether oxygens (including phenoxy) is 3. The van der Waals surface area contributed by atoms with Crippen molar-refractivity contribution in [1.29, 1.82) is 0 Å². The van der Waals surface area contributed by atoms with Gasteiger partial charge in [0.15, 0.2) is 11.5 Å². The molecule has 13 heteroatoms. The number of benzene rings is 2. The lowest BCUT2D eigenvalue weighted by atomic mass is 10.1. The van der Waals surface area contributed by atoms with Crippen LogP contribution in [0.5, 0.6) is 11.5 Å². The summed E-state index contributed by atoms with van der Waals surface area (Å²) in [4.78, 5) is 48.2. The number of furan rings is 1. The van der Waals surface area contributed by atoms with Gasteiger partial charge in [0.1, 0.15) is 18.1 Å². The standard InChI is InChI=1S/C25H20BrN3O9/c1-35-21-11-15(9-18(26)22(21)37-13-14-3-5-16(6-4-14)29(33)34)10-19-23(30)28(25(32)27-19)12-17-7-8-20(38-17)24(31)36-2/h3-11H,12-13H2,1-2H3,(H,27,32)/b19-10-. The van der Waals surface area contributed by atoms with Crippen molar-refractivity contribution in [2.24, 2.45) is 0 Å². The van der Waals surface area contributed by atoms with Gasteiger partial charge in [-0.15, -0.1) is 0 Å². The number of halogens is 1. The SMILES string of the molecule is COC(=O)c1ccc(CN2C(=O)N/C(=C\c3cc(Br)c(OCc4ccc([N+](=O)[O-])cc4)c(OC)c3)C2=O)o1. The molecule has 12 nitrogen and oxygen atoms in total.